The maximum Gasteiger partial charge on any atom is 0.205 e. The quantitative estimate of drug-likeness (QED) is 0.664. The molecule has 0 aromatic rings. The van der Waals surface area contributed by atoms with Crippen LogP contribution in [0.15, 0.2) is 0 Å². The Morgan fingerprint density at radius 3 is 1.57 bits per heavy atom. The number of carbonyl (C=O) groups excluding carboxylic acids is 2. The molecule has 2 N–H and O–H groups in total. The third kappa shape index (κ3) is 6.94. The van der Waals surface area contributed by atoms with Crippen LogP contribution < -0.4 is 0 Å². The predicted molar refractivity (Wildman–Crippen MR) is 58.2 cm³/mol. The van der Waals surface area contributed by atoms with Crippen LogP contribution in [-0.2, 0) is 9.59 Å². The van der Waals surface area contributed by atoms with Crippen molar-refractivity contribution in [2.75, 3.05) is 11.5 Å². The molecule has 5 heteroatoms. The van der Waals surface area contributed by atoms with Crippen LogP contribution in [0, 0.1) is 0 Å². The predicted octanol–water partition coefficient (Wildman–Crippen LogP) is 1.42. The molecule has 0 saturated carbocycles. The van der Waals surface area contributed by atoms with Crippen molar-refractivity contribution < 1.29 is 19.8 Å². The minimum absolute atomic E-state index is 0.0200. The summed E-state index contributed by atoms with van der Waals surface area (Å²) in [7, 11) is -0.731. The highest BCUT2D eigenvalue weighted by Crippen LogP contribution is 2.16. The number of Topliss-reactive ketones (excluding diaryl/α,β-unsaturated/α-hetero) is 2. The number of aliphatic hydroxyl groups is 2. The van der Waals surface area contributed by atoms with Crippen LogP contribution in [0.2, 0.25) is 0 Å². The fourth-order valence-corrected chi connectivity index (χ4v) is 2.46. The summed E-state index contributed by atoms with van der Waals surface area (Å²) < 4.78 is 0. The van der Waals surface area contributed by atoms with Crippen molar-refractivity contribution in [2.24, 2.45) is 0 Å². The lowest BCUT2D eigenvalue weighted by atomic mass is 10.3. The van der Waals surface area contributed by atoms with E-state index in [2.05, 4.69) is 0 Å². The maximum absolute atomic E-state index is 10.7. The summed E-state index contributed by atoms with van der Waals surface area (Å²) >= 11 is 0. The van der Waals surface area contributed by atoms with E-state index < -0.39 is 15.7 Å². The molecule has 14 heavy (non-hydrogen) atoms. The zero-order chi connectivity index (χ0) is 11.1. The number of aliphatic hydroxyl groups excluding tert-OH is 1. The van der Waals surface area contributed by atoms with E-state index in [4.69, 9.17) is 10.2 Å². The van der Waals surface area contributed by atoms with E-state index in [1.807, 2.05) is 0 Å². The highest BCUT2D eigenvalue weighted by Gasteiger charge is 2.05. The molecule has 0 aliphatic rings. The summed E-state index contributed by atoms with van der Waals surface area (Å²) in [6.45, 7) is 2.92. The fourth-order valence-electron chi connectivity index (χ4n) is 0.818. The van der Waals surface area contributed by atoms with Crippen molar-refractivity contribution >= 4 is 27.3 Å². The van der Waals surface area contributed by atoms with Crippen LogP contribution in [0.1, 0.15) is 26.7 Å². The van der Waals surface area contributed by atoms with Gasteiger partial charge in [0.1, 0.15) is 11.6 Å². The molecule has 0 bridgehead atoms. The standard InChI is InChI=1S/C9H16O4S/c1-7(10)3-5-14(9(12)13)6-4-8(2)11/h12-13H,3-6H2,1-2H3. The van der Waals surface area contributed by atoms with Crippen LogP contribution in [0.4, 0.5) is 0 Å². The molecular formula is C9H16O4S. The fraction of sp³-hybridized carbons (Fsp3) is 0.667. The molecule has 82 valence electrons. The van der Waals surface area contributed by atoms with Gasteiger partial charge in [0.05, 0.1) is 0 Å². The molecule has 0 amide bonds. The van der Waals surface area contributed by atoms with E-state index in [0.29, 0.717) is 24.3 Å². The van der Waals surface area contributed by atoms with E-state index in [1.54, 1.807) is 0 Å². The van der Waals surface area contributed by atoms with Crippen LogP contribution in [0.5, 0.6) is 0 Å². The van der Waals surface area contributed by atoms with E-state index in [9.17, 15) is 9.59 Å². The van der Waals surface area contributed by atoms with Gasteiger partial charge >= 0.3 is 0 Å². The Kier molecular flexibility index (Phi) is 6.61. The second-order valence-electron chi connectivity index (χ2n) is 3.09. The maximum atomic E-state index is 10.7. The van der Waals surface area contributed by atoms with Crippen LogP contribution in [0.25, 0.3) is 0 Å². The molecule has 0 rings (SSSR count). The molecule has 0 unspecified atom stereocenters. The van der Waals surface area contributed by atoms with Crippen molar-refractivity contribution in [3.8, 4) is 0 Å². The van der Waals surface area contributed by atoms with E-state index in [0.717, 1.165) is 0 Å². The lowest BCUT2D eigenvalue weighted by molar-refractivity contribution is -0.117. The van der Waals surface area contributed by atoms with Gasteiger partial charge in [-0.15, -0.1) is 10.5 Å². The molecule has 0 radical (unpaired) electrons. The minimum atomic E-state index is -0.731. The Balaban J connectivity index is 4.12. The Bertz CT molecular complexity index is 234. The van der Waals surface area contributed by atoms with Crippen molar-refractivity contribution in [1.29, 1.82) is 0 Å². The zero-order valence-corrected chi connectivity index (χ0v) is 9.26. The Morgan fingerprint density at radius 1 is 1.00 bits per heavy atom. The molecule has 0 aliphatic carbocycles. The molecule has 0 aromatic carbocycles. The summed E-state index contributed by atoms with van der Waals surface area (Å²) in [5.41, 5.74) is 0. The largest absolute Gasteiger partial charge is 0.337 e. The number of rotatable bonds is 6. The van der Waals surface area contributed by atoms with Crippen LogP contribution >= 0.6 is 10.5 Å². The lowest BCUT2D eigenvalue weighted by Crippen LogP contribution is -2.05. The number of ketones is 2. The first-order valence-corrected chi connectivity index (χ1v) is 5.91. The van der Waals surface area contributed by atoms with Gasteiger partial charge in [-0.25, -0.2) is 0 Å². The van der Waals surface area contributed by atoms with Crippen molar-refractivity contribution in [2.45, 2.75) is 26.7 Å². The summed E-state index contributed by atoms with van der Waals surface area (Å²) in [6, 6.07) is 0. The SMILES string of the molecule is CC(=O)CCS(CCC(C)=O)=C(O)O. The van der Waals surface area contributed by atoms with Gasteiger partial charge in [-0.3, -0.25) is 9.59 Å². The third-order valence-corrected chi connectivity index (χ3v) is 3.57. The molecular weight excluding hydrogens is 204 g/mol. The Hall–Kier alpha value is -0.520. The molecule has 0 aliphatic heterocycles. The first-order chi connectivity index (χ1) is 6.43. The first-order valence-electron chi connectivity index (χ1n) is 4.34. The lowest BCUT2D eigenvalue weighted by Gasteiger charge is -2.07. The second-order valence-corrected chi connectivity index (χ2v) is 5.25. The van der Waals surface area contributed by atoms with Gasteiger partial charge in [0.2, 0.25) is 5.24 Å². The van der Waals surface area contributed by atoms with Gasteiger partial charge in [-0.2, -0.15) is 0 Å². The zero-order valence-electron chi connectivity index (χ0n) is 8.45. The van der Waals surface area contributed by atoms with E-state index in [1.165, 1.54) is 13.8 Å². The van der Waals surface area contributed by atoms with Gasteiger partial charge in [-0.1, -0.05) is 0 Å². The molecule has 0 aromatic heterocycles. The summed E-state index contributed by atoms with van der Waals surface area (Å²) in [6.07, 6.45) is 0.650. The monoisotopic (exact) mass is 220 g/mol. The molecule has 0 atom stereocenters. The van der Waals surface area contributed by atoms with Gasteiger partial charge < -0.3 is 10.2 Å². The van der Waals surface area contributed by atoms with Gasteiger partial charge in [0.25, 0.3) is 0 Å². The Morgan fingerprint density at radius 2 is 1.36 bits per heavy atom. The molecule has 0 spiro atoms. The normalized spacial score (nSPS) is 10.4. The summed E-state index contributed by atoms with van der Waals surface area (Å²) in [5.74, 6) is 0.883. The van der Waals surface area contributed by atoms with Crippen molar-refractivity contribution in [1.82, 2.24) is 0 Å². The first kappa shape index (κ1) is 13.5. The van der Waals surface area contributed by atoms with Crippen molar-refractivity contribution in [3.63, 3.8) is 0 Å². The summed E-state index contributed by atoms with van der Waals surface area (Å²) in [4.78, 5) is 21.3. The molecule has 0 fully saturated rings. The van der Waals surface area contributed by atoms with Gasteiger partial charge in [-0.05, 0) is 25.4 Å². The minimum Gasteiger partial charge on any atom is -0.337 e. The average Bonchev–Trinajstić information content (AvgIpc) is 2.02. The number of hydrogen-bond donors (Lipinski definition) is 2. The number of hydrogen-bond acceptors (Lipinski definition) is 2. The van der Waals surface area contributed by atoms with E-state index in [-0.39, 0.29) is 11.6 Å². The second kappa shape index (κ2) is 6.86. The average molecular weight is 220 g/mol. The highest BCUT2D eigenvalue weighted by molar-refractivity contribution is 8.15. The van der Waals surface area contributed by atoms with Gasteiger partial charge in [0.15, 0.2) is 0 Å². The van der Waals surface area contributed by atoms with Crippen molar-refractivity contribution in [3.05, 3.63) is 0 Å². The molecule has 4 nitrogen and oxygen atoms in total. The number of carbonyl (C=O) groups is 2. The molecule has 0 heterocycles. The van der Waals surface area contributed by atoms with E-state index >= 15 is 0 Å². The third-order valence-electron chi connectivity index (χ3n) is 1.66. The topological polar surface area (TPSA) is 74.6 Å². The van der Waals surface area contributed by atoms with Crippen LogP contribution in [0.3, 0.4) is 0 Å². The van der Waals surface area contributed by atoms with Crippen LogP contribution in [-0.4, -0.2) is 38.5 Å². The molecule has 0 saturated heterocycles. The smallest absolute Gasteiger partial charge is 0.205 e. The Labute approximate surface area is 85.9 Å². The summed E-state index contributed by atoms with van der Waals surface area (Å²) in [5, 5.41) is 17.2. The van der Waals surface area contributed by atoms with Gasteiger partial charge in [0, 0.05) is 12.8 Å². The highest BCUT2D eigenvalue weighted by atomic mass is 32.2.